The Morgan fingerprint density at radius 1 is 0.900 bits per heavy atom. The van der Waals surface area contributed by atoms with Crippen LogP contribution in [0, 0.1) is 0 Å². The first kappa shape index (κ1) is 12.4. The zero-order valence-electron chi connectivity index (χ0n) is 10.8. The van der Waals surface area contributed by atoms with Gasteiger partial charge in [-0.25, -0.2) is 9.78 Å². The van der Waals surface area contributed by atoms with Crippen molar-refractivity contribution < 1.29 is 9.53 Å². The Labute approximate surface area is 116 Å². The van der Waals surface area contributed by atoms with Gasteiger partial charge in [0.25, 0.3) is 0 Å². The maximum atomic E-state index is 11.8. The van der Waals surface area contributed by atoms with Gasteiger partial charge in [-0.05, 0) is 24.3 Å². The molecule has 0 atom stereocenters. The van der Waals surface area contributed by atoms with Gasteiger partial charge in [-0.15, -0.1) is 0 Å². The van der Waals surface area contributed by atoms with Crippen LogP contribution >= 0.6 is 0 Å². The molecule has 1 heterocycles. The highest BCUT2D eigenvalue weighted by molar-refractivity contribution is 5.89. The van der Waals surface area contributed by atoms with Gasteiger partial charge < -0.3 is 4.74 Å². The summed E-state index contributed by atoms with van der Waals surface area (Å²) in [6.07, 6.45) is 0. The molecule has 0 aliphatic heterocycles. The van der Waals surface area contributed by atoms with Gasteiger partial charge in [0.2, 0.25) is 0 Å². The normalized spacial score (nSPS) is 10.4. The fourth-order valence-electron chi connectivity index (χ4n) is 1.99. The Balaban J connectivity index is 1.72. The lowest BCUT2D eigenvalue weighted by Gasteiger charge is -2.05. The standard InChI is InChI=1S/C17H13NO2/c19-17(14-7-2-1-3-8-14)20-12-15-11-10-13-6-4-5-9-16(13)18-15/h1-11H,12H2. The van der Waals surface area contributed by atoms with E-state index < -0.39 is 0 Å². The maximum Gasteiger partial charge on any atom is 0.338 e. The molecule has 3 heteroatoms. The van der Waals surface area contributed by atoms with E-state index in [1.54, 1.807) is 12.1 Å². The topological polar surface area (TPSA) is 39.2 Å². The van der Waals surface area contributed by atoms with Crippen molar-refractivity contribution in [3.8, 4) is 0 Å². The smallest absolute Gasteiger partial charge is 0.338 e. The van der Waals surface area contributed by atoms with Crippen molar-refractivity contribution in [3.05, 3.63) is 78.0 Å². The second-order valence-corrected chi connectivity index (χ2v) is 4.44. The number of esters is 1. The molecule has 0 fully saturated rings. The first-order valence-electron chi connectivity index (χ1n) is 6.40. The summed E-state index contributed by atoms with van der Waals surface area (Å²) in [7, 11) is 0. The van der Waals surface area contributed by atoms with Crippen molar-refractivity contribution >= 4 is 16.9 Å². The molecule has 3 aromatic rings. The van der Waals surface area contributed by atoms with E-state index >= 15 is 0 Å². The predicted octanol–water partition coefficient (Wildman–Crippen LogP) is 3.59. The van der Waals surface area contributed by atoms with Crippen LogP contribution in [-0.4, -0.2) is 11.0 Å². The second kappa shape index (κ2) is 5.53. The minimum absolute atomic E-state index is 0.179. The number of carbonyl (C=O) groups excluding carboxylic acids is 1. The van der Waals surface area contributed by atoms with Gasteiger partial charge in [0, 0.05) is 5.39 Å². The summed E-state index contributed by atoms with van der Waals surface area (Å²) in [5.41, 5.74) is 2.20. The van der Waals surface area contributed by atoms with Gasteiger partial charge in [0.1, 0.15) is 6.61 Å². The van der Waals surface area contributed by atoms with Crippen LogP contribution in [0.15, 0.2) is 66.7 Å². The van der Waals surface area contributed by atoms with Crippen LogP contribution in [0.3, 0.4) is 0 Å². The molecule has 0 radical (unpaired) electrons. The summed E-state index contributed by atoms with van der Waals surface area (Å²) < 4.78 is 5.26. The summed E-state index contributed by atoms with van der Waals surface area (Å²) in [6, 6.07) is 20.7. The van der Waals surface area contributed by atoms with Crippen LogP contribution in [0.25, 0.3) is 10.9 Å². The molecule has 0 amide bonds. The van der Waals surface area contributed by atoms with Gasteiger partial charge in [-0.1, -0.05) is 42.5 Å². The van der Waals surface area contributed by atoms with E-state index in [1.165, 1.54) is 0 Å². The van der Waals surface area contributed by atoms with Crippen LogP contribution in [-0.2, 0) is 11.3 Å². The van der Waals surface area contributed by atoms with E-state index in [0.29, 0.717) is 5.56 Å². The Morgan fingerprint density at radius 3 is 2.50 bits per heavy atom. The number of rotatable bonds is 3. The molecule has 20 heavy (non-hydrogen) atoms. The fraction of sp³-hybridized carbons (Fsp3) is 0.0588. The zero-order valence-corrected chi connectivity index (χ0v) is 10.8. The van der Waals surface area contributed by atoms with Crippen LogP contribution < -0.4 is 0 Å². The van der Waals surface area contributed by atoms with Crippen LogP contribution in [0.1, 0.15) is 16.1 Å². The molecule has 1 aromatic heterocycles. The highest BCUT2D eigenvalue weighted by Gasteiger charge is 2.07. The van der Waals surface area contributed by atoms with Gasteiger partial charge in [-0.3, -0.25) is 0 Å². The first-order chi connectivity index (χ1) is 9.83. The lowest BCUT2D eigenvalue weighted by atomic mass is 10.2. The fourth-order valence-corrected chi connectivity index (χ4v) is 1.99. The maximum absolute atomic E-state index is 11.8. The molecule has 3 rings (SSSR count). The second-order valence-electron chi connectivity index (χ2n) is 4.44. The molecule has 0 aliphatic carbocycles. The average Bonchev–Trinajstić information content (AvgIpc) is 2.53. The third-order valence-electron chi connectivity index (χ3n) is 3.02. The van der Waals surface area contributed by atoms with Crippen molar-refractivity contribution in [1.82, 2.24) is 4.98 Å². The van der Waals surface area contributed by atoms with Crippen LogP contribution in [0.2, 0.25) is 0 Å². The summed E-state index contributed by atoms with van der Waals surface area (Å²) in [5, 5.41) is 1.07. The van der Waals surface area contributed by atoms with Crippen LogP contribution in [0.5, 0.6) is 0 Å². The van der Waals surface area contributed by atoms with Crippen molar-refractivity contribution in [2.24, 2.45) is 0 Å². The van der Waals surface area contributed by atoms with Gasteiger partial charge in [0.05, 0.1) is 16.8 Å². The highest BCUT2D eigenvalue weighted by atomic mass is 16.5. The monoisotopic (exact) mass is 263 g/mol. The van der Waals surface area contributed by atoms with E-state index in [0.717, 1.165) is 16.6 Å². The van der Waals surface area contributed by atoms with Gasteiger partial charge in [-0.2, -0.15) is 0 Å². The summed E-state index contributed by atoms with van der Waals surface area (Å²) >= 11 is 0. The molecule has 98 valence electrons. The van der Waals surface area contributed by atoms with Crippen molar-refractivity contribution in [2.75, 3.05) is 0 Å². The van der Waals surface area contributed by atoms with Crippen molar-refractivity contribution in [3.63, 3.8) is 0 Å². The molecular formula is C17H13NO2. The number of fused-ring (bicyclic) bond motifs is 1. The Bertz CT molecular complexity index is 738. The van der Waals surface area contributed by atoms with Gasteiger partial charge >= 0.3 is 5.97 Å². The molecule has 2 aromatic carbocycles. The number of aromatic nitrogens is 1. The number of nitrogens with zero attached hydrogens (tertiary/aromatic N) is 1. The molecule has 0 spiro atoms. The number of para-hydroxylation sites is 1. The van der Waals surface area contributed by atoms with E-state index in [-0.39, 0.29) is 12.6 Å². The number of benzene rings is 2. The Morgan fingerprint density at radius 2 is 1.65 bits per heavy atom. The molecular weight excluding hydrogens is 250 g/mol. The number of carbonyl (C=O) groups is 1. The van der Waals surface area contributed by atoms with Gasteiger partial charge in [0.15, 0.2) is 0 Å². The summed E-state index contributed by atoms with van der Waals surface area (Å²) in [6.45, 7) is 0.179. The average molecular weight is 263 g/mol. The molecule has 0 N–H and O–H groups in total. The third-order valence-corrected chi connectivity index (χ3v) is 3.02. The molecule has 0 saturated carbocycles. The summed E-state index contributed by atoms with van der Waals surface area (Å²) in [5.74, 6) is -0.333. The molecule has 3 nitrogen and oxygen atoms in total. The number of pyridine rings is 1. The van der Waals surface area contributed by atoms with E-state index in [2.05, 4.69) is 4.98 Å². The number of hydrogen-bond acceptors (Lipinski definition) is 3. The minimum atomic E-state index is -0.333. The number of hydrogen-bond donors (Lipinski definition) is 0. The Kier molecular flexibility index (Phi) is 3.42. The Hall–Kier alpha value is -2.68. The summed E-state index contributed by atoms with van der Waals surface area (Å²) in [4.78, 5) is 16.3. The lowest BCUT2D eigenvalue weighted by Crippen LogP contribution is -2.05. The van der Waals surface area contributed by atoms with E-state index in [4.69, 9.17) is 4.74 Å². The lowest BCUT2D eigenvalue weighted by molar-refractivity contribution is 0.0468. The number of ether oxygens (including phenoxy) is 1. The predicted molar refractivity (Wildman–Crippen MR) is 77.3 cm³/mol. The van der Waals surface area contributed by atoms with Crippen molar-refractivity contribution in [1.29, 1.82) is 0 Å². The van der Waals surface area contributed by atoms with E-state index in [1.807, 2.05) is 54.6 Å². The largest absolute Gasteiger partial charge is 0.456 e. The minimum Gasteiger partial charge on any atom is -0.456 e. The molecule has 0 aliphatic rings. The first-order valence-corrected chi connectivity index (χ1v) is 6.40. The van der Waals surface area contributed by atoms with Crippen molar-refractivity contribution in [2.45, 2.75) is 6.61 Å². The zero-order chi connectivity index (χ0) is 13.8. The molecule has 0 bridgehead atoms. The van der Waals surface area contributed by atoms with E-state index in [9.17, 15) is 4.79 Å². The SMILES string of the molecule is O=C(OCc1ccc2ccccc2n1)c1ccccc1. The van der Waals surface area contributed by atoms with Crippen LogP contribution in [0.4, 0.5) is 0 Å². The molecule has 0 saturated heterocycles. The third kappa shape index (κ3) is 2.67. The molecule has 0 unspecified atom stereocenters. The quantitative estimate of drug-likeness (QED) is 0.678. The highest BCUT2D eigenvalue weighted by Crippen LogP contribution is 2.12.